The molecule has 25 heavy (non-hydrogen) atoms. The molecule has 0 aliphatic carbocycles. The lowest BCUT2D eigenvalue weighted by Crippen LogP contribution is -2.47. The standard InChI is InChI=1S/C22H39NOSi/c1-7-25(8-2,9-3)22-12-10-21(11-13-22)14-18(4)15-23-16-19(5)24-20(6)17-23/h10-13,18-20H,7-9,14-17H2,1-6H3/t18?,19-,20+. The molecule has 1 aliphatic rings. The molecule has 1 aliphatic heterocycles. The van der Waals surface area contributed by atoms with Crippen molar-refractivity contribution in [2.45, 2.75) is 78.3 Å². The molecule has 0 amide bonds. The van der Waals surface area contributed by atoms with Gasteiger partial charge in [-0.05, 0) is 31.7 Å². The molecule has 0 radical (unpaired) electrons. The average molecular weight is 362 g/mol. The highest BCUT2D eigenvalue weighted by atomic mass is 28.3. The highest BCUT2D eigenvalue weighted by Gasteiger charge is 2.29. The van der Waals surface area contributed by atoms with Crippen LogP contribution >= 0.6 is 0 Å². The molecule has 0 N–H and O–H groups in total. The quantitative estimate of drug-likeness (QED) is 0.623. The molecule has 0 saturated carbocycles. The lowest BCUT2D eigenvalue weighted by atomic mass is 10.00. The van der Waals surface area contributed by atoms with E-state index in [2.05, 4.69) is 70.7 Å². The summed E-state index contributed by atoms with van der Waals surface area (Å²) in [6.07, 6.45) is 1.91. The summed E-state index contributed by atoms with van der Waals surface area (Å²) in [6.45, 7) is 17.3. The van der Waals surface area contributed by atoms with Gasteiger partial charge in [0.25, 0.3) is 0 Å². The lowest BCUT2D eigenvalue weighted by molar-refractivity contribution is -0.0708. The summed E-state index contributed by atoms with van der Waals surface area (Å²) in [5.41, 5.74) is 1.50. The van der Waals surface area contributed by atoms with Crippen molar-refractivity contribution in [3.63, 3.8) is 0 Å². The van der Waals surface area contributed by atoms with E-state index in [1.165, 1.54) is 36.7 Å². The van der Waals surface area contributed by atoms with Crippen LogP contribution in [0.3, 0.4) is 0 Å². The van der Waals surface area contributed by atoms with Crippen molar-refractivity contribution in [1.29, 1.82) is 0 Å². The van der Waals surface area contributed by atoms with Gasteiger partial charge in [0, 0.05) is 19.6 Å². The topological polar surface area (TPSA) is 12.5 Å². The van der Waals surface area contributed by atoms with Gasteiger partial charge in [-0.15, -0.1) is 0 Å². The van der Waals surface area contributed by atoms with E-state index in [0.29, 0.717) is 18.1 Å². The molecule has 3 atom stereocenters. The number of ether oxygens (including phenoxy) is 1. The second-order valence-corrected chi connectivity index (χ2v) is 13.6. The number of hydrogen-bond acceptors (Lipinski definition) is 2. The van der Waals surface area contributed by atoms with Crippen molar-refractivity contribution in [3.8, 4) is 0 Å². The summed E-state index contributed by atoms with van der Waals surface area (Å²) >= 11 is 0. The molecule has 1 fully saturated rings. The van der Waals surface area contributed by atoms with Crippen LogP contribution in [0.4, 0.5) is 0 Å². The number of morpholine rings is 1. The van der Waals surface area contributed by atoms with Crippen molar-refractivity contribution in [3.05, 3.63) is 29.8 Å². The molecule has 0 aromatic heterocycles. The Bertz CT molecular complexity index is 493. The predicted molar refractivity (Wildman–Crippen MR) is 113 cm³/mol. The van der Waals surface area contributed by atoms with Gasteiger partial charge in [0.2, 0.25) is 0 Å². The molecule has 1 saturated heterocycles. The molecular formula is C22H39NOSi. The van der Waals surface area contributed by atoms with Crippen molar-refractivity contribution in [2.75, 3.05) is 19.6 Å². The van der Waals surface area contributed by atoms with Crippen molar-refractivity contribution in [2.24, 2.45) is 5.92 Å². The van der Waals surface area contributed by atoms with Gasteiger partial charge in [0.15, 0.2) is 0 Å². The lowest BCUT2D eigenvalue weighted by Gasteiger charge is -2.36. The van der Waals surface area contributed by atoms with Crippen LogP contribution in [0.5, 0.6) is 0 Å². The molecule has 3 heteroatoms. The third-order valence-electron chi connectivity index (χ3n) is 6.25. The first-order chi connectivity index (χ1) is 11.9. The zero-order chi connectivity index (χ0) is 18.4. The minimum atomic E-state index is -1.23. The van der Waals surface area contributed by atoms with Gasteiger partial charge in [-0.3, -0.25) is 4.90 Å². The summed E-state index contributed by atoms with van der Waals surface area (Å²) in [7, 11) is -1.23. The van der Waals surface area contributed by atoms with Crippen LogP contribution in [0.2, 0.25) is 18.1 Å². The fourth-order valence-corrected chi connectivity index (χ4v) is 8.30. The van der Waals surface area contributed by atoms with Crippen LogP contribution in [0.25, 0.3) is 0 Å². The first-order valence-electron chi connectivity index (χ1n) is 10.4. The van der Waals surface area contributed by atoms with Crippen LogP contribution in [-0.2, 0) is 11.2 Å². The molecule has 1 heterocycles. The molecule has 1 aromatic rings. The van der Waals surface area contributed by atoms with E-state index in [1.54, 1.807) is 5.19 Å². The summed E-state index contributed by atoms with van der Waals surface area (Å²) in [4.78, 5) is 2.58. The first-order valence-corrected chi connectivity index (χ1v) is 13.0. The van der Waals surface area contributed by atoms with Crippen molar-refractivity contribution < 1.29 is 4.74 Å². The third kappa shape index (κ3) is 5.41. The number of benzene rings is 1. The largest absolute Gasteiger partial charge is 0.373 e. The van der Waals surface area contributed by atoms with E-state index in [4.69, 9.17) is 4.74 Å². The normalized spacial score (nSPS) is 23.6. The second-order valence-electron chi connectivity index (χ2n) is 8.32. The highest BCUT2D eigenvalue weighted by Crippen LogP contribution is 2.21. The van der Waals surface area contributed by atoms with Gasteiger partial charge in [-0.1, -0.05) is 75.3 Å². The van der Waals surface area contributed by atoms with E-state index in [0.717, 1.165) is 13.1 Å². The number of hydrogen-bond donors (Lipinski definition) is 0. The van der Waals surface area contributed by atoms with Crippen LogP contribution in [0.1, 0.15) is 47.1 Å². The Hall–Kier alpha value is -0.643. The molecule has 0 spiro atoms. The average Bonchev–Trinajstić information content (AvgIpc) is 2.57. The minimum Gasteiger partial charge on any atom is -0.373 e. The van der Waals surface area contributed by atoms with Gasteiger partial charge in [0.1, 0.15) is 0 Å². The maximum absolute atomic E-state index is 5.86. The second kappa shape index (κ2) is 9.34. The van der Waals surface area contributed by atoms with Gasteiger partial charge < -0.3 is 4.74 Å². The van der Waals surface area contributed by atoms with Crippen LogP contribution in [0, 0.1) is 5.92 Å². The smallest absolute Gasteiger partial charge is 0.0859 e. The van der Waals surface area contributed by atoms with Gasteiger partial charge in [-0.2, -0.15) is 0 Å². The summed E-state index contributed by atoms with van der Waals surface area (Å²) in [5, 5.41) is 1.66. The Kier molecular flexibility index (Phi) is 7.72. The SMILES string of the molecule is CC[Si](CC)(CC)c1ccc(CC(C)CN2C[C@@H](C)O[C@@H](C)C2)cc1. The van der Waals surface area contributed by atoms with Crippen LogP contribution in [-0.4, -0.2) is 44.8 Å². The van der Waals surface area contributed by atoms with Crippen LogP contribution < -0.4 is 5.19 Å². The summed E-state index contributed by atoms with van der Waals surface area (Å²) in [6, 6.07) is 13.8. The summed E-state index contributed by atoms with van der Waals surface area (Å²) < 4.78 is 5.86. The molecule has 1 unspecified atom stereocenters. The van der Waals surface area contributed by atoms with E-state index < -0.39 is 8.07 Å². The number of rotatable bonds is 8. The Labute approximate surface area is 157 Å². The van der Waals surface area contributed by atoms with Crippen molar-refractivity contribution in [1.82, 2.24) is 4.90 Å². The molecule has 2 rings (SSSR count). The molecular weight excluding hydrogens is 322 g/mol. The van der Waals surface area contributed by atoms with Gasteiger partial charge >= 0.3 is 0 Å². The zero-order valence-electron chi connectivity index (χ0n) is 17.3. The fourth-order valence-electron chi connectivity index (χ4n) is 4.70. The molecule has 142 valence electrons. The zero-order valence-corrected chi connectivity index (χ0v) is 18.3. The van der Waals surface area contributed by atoms with E-state index in [9.17, 15) is 0 Å². The maximum Gasteiger partial charge on any atom is 0.0859 e. The third-order valence-corrected chi connectivity index (χ3v) is 11.9. The summed E-state index contributed by atoms with van der Waals surface area (Å²) in [5.74, 6) is 0.689. The Balaban J connectivity index is 1.94. The van der Waals surface area contributed by atoms with Crippen molar-refractivity contribution >= 4 is 13.3 Å². The van der Waals surface area contributed by atoms with Crippen LogP contribution in [0.15, 0.2) is 24.3 Å². The minimum absolute atomic E-state index is 0.366. The first kappa shape index (κ1) is 20.7. The maximum atomic E-state index is 5.86. The molecule has 2 nitrogen and oxygen atoms in total. The Morgan fingerprint density at radius 2 is 1.52 bits per heavy atom. The van der Waals surface area contributed by atoms with E-state index in [-0.39, 0.29) is 0 Å². The van der Waals surface area contributed by atoms with E-state index >= 15 is 0 Å². The van der Waals surface area contributed by atoms with Gasteiger partial charge in [-0.25, -0.2) is 0 Å². The van der Waals surface area contributed by atoms with E-state index in [1.807, 2.05) is 0 Å². The highest BCUT2D eigenvalue weighted by molar-refractivity contribution is 6.91. The monoisotopic (exact) mass is 361 g/mol. The predicted octanol–water partition coefficient (Wildman–Crippen LogP) is 4.69. The molecule has 1 aromatic carbocycles. The van der Waals surface area contributed by atoms with Gasteiger partial charge in [0.05, 0.1) is 20.3 Å². The molecule has 0 bridgehead atoms. The Morgan fingerprint density at radius 1 is 1.00 bits per heavy atom. The number of nitrogens with zero attached hydrogens (tertiary/aromatic N) is 1. The Morgan fingerprint density at radius 3 is 2.00 bits per heavy atom. The fraction of sp³-hybridized carbons (Fsp3) is 0.727.